The van der Waals surface area contributed by atoms with Gasteiger partial charge >= 0.3 is 5.69 Å². The summed E-state index contributed by atoms with van der Waals surface area (Å²) in [5.74, 6) is 0. The third-order valence-corrected chi connectivity index (χ3v) is 4.69. The van der Waals surface area contributed by atoms with E-state index in [9.17, 15) is 14.0 Å². The van der Waals surface area contributed by atoms with E-state index in [1.54, 1.807) is 13.8 Å². The molecule has 0 unspecified atom stereocenters. The fourth-order valence-electron chi connectivity index (χ4n) is 2.34. The minimum Gasteiger partial charge on any atom is -0.344 e. The van der Waals surface area contributed by atoms with Crippen LogP contribution in [0.4, 0.5) is 4.39 Å². The first-order chi connectivity index (χ1) is 9.43. The molecule has 8 heteroatoms. The number of halogens is 1. The highest BCUT2D eigenvalue weighted by Gasteiger charge is 2.20. The Labute approximate surface area is 125 Å². The van der Waals surface area contributed by atoms with Crippen molar-refractivity contribution in [3.05, 3.63) is 31.3 Å². The Morgan fingerprint density at radius 2 is 1.95 bits per heavy atom. The molecule has 6 nitrogen and oxygen atoms in total. The number of aromatic nitrogens is 2. The van der Waals surface area contributed by atoms with E-state index in [-0.39, 0.29) is 24.3 Å². The molecule has 0 aromatic carbocycles. The molecule has 0 amide bonds. The number of alkyl halides is 1. The highest BCUT2D eigenvalue weighted by atomic mass is 32.1. The van der Waals surface area contributed by atoms with Crippen LogP contribution in [-0.2, 0) is 13.1 Å². The average molecular weight is 316 g/mol. The molecular weight excluding hydrogens is 295 g/mol. The van der Waals surface area contributed by atoms with Gasteiger partial charge in [-0.25, -0.2) is 9.18 Å². The SMILES string of the molecule is Cc1c(CN)sc2c1c(=O)n(C(C)C)c(=O)n2CCF.N. The molecule has 0 atom stereocenters. The molecule has 0 aliphatic rings. The summed E-state index contributed by atoms with van der Waals surface area (Å²) in [6, 6.07) is -0.272. The zero-order valence-electron chi connectivity index (χ0n) is 12.5. The summed E-state index contributed by atoms with van der Waals surface area (Å²) < 4.78 is 15.3. The third-order valence-electron chi connectivity index (χ3n) is 3.35. The molecule has 0 fully saturated rings. The number of hydrogen-bond acceptors (Lipinski definition) is 5. The van der Waals surface area contributed by atoms with Crippen molar-refractivity contribution in [1.82, 2.24) is 15.3 Å². The molecule has 2 aromatic rings. The quantitative estimate of drug-likeness (QED) is 0.895. The maximum absolute atomic E-state index is 12.7. The van der Waals surface area contributed by atoms with Crippen LogP contribution < -0.4 is 23.1 Å². The minimum atomic E-state index is -0.653. The topological polar surface area (TPSA) is 105 Å². The van der Waals surface area contributed by atoms with Crippen molar-refractivity contribution >= 4 is 21.6 Å². The van der Waals surface area contributed by atoms with E-state index in [2.05, 4.69) is 0 Å². The molecule has 118 valence electrons. The smallest absolute Gasteiger partial charge is 0.332 e. The molecule has 0 spiro atoms. The predicted molar refractivity (Wildman–Crippen MR) is 84.4 cm³/mol. The summed E-state index contributed by atoms with van der Waals surface area (Å²) in [5.41, 5.74) is 5.68. The monoisotopic (exact) mass is 316 g/mol. The summed E-state index contributed by atoms with van der Waals surface area (Å²) in [5, 5.41) is 0.484. The first kappa shape index (κ1) is 17.5. The van der Waals surface area contributed by atoms with Gasteiger partial charge in [0.05, 0.1) is 11.9 Å². The highest BCUT2D eigenvalue weighted by molar-refractivity contribution is 7.18. The van der Waals surface area contributed by atoms with Crippen molar-refractivity contribution in [2.75, 3.05) is 6.67 Å². The Kier molecular flexibility index (Phi) is 5.43. The zero-order valence-corrected chi connectivity index (χ0v) is 13.3. The lowest BCUT2D eigenvalue weighted by Gasteiger charge is -2.13. The summed E-state index contributed by atoms with van der Waals surface area (Å²) in [6.07, 6.45) is 0. The second-order valence-corrected chi connectivity index (χ2v) is 6.01. The second-order valence-electron chi connectivity index (χ2n) is 4.93. The fraction of sp³-hybridized carbons (Fsp3) is 0.538. The van der Waals surface area contributed by atoms with Gasteiger partial charge in [-0.2, -0.15) is 0 Å². The Hall–Kier alpha value is -1.51. The van der Waals surface area contributed by atoms with Gasteiger partial charge in [0, 0.05) is 17.5 Å². The van der Waals surface area contributed by atoms with E-state index in [1.807, 2.05) is 6.92 Å². The molecule has 0 aliphatic heterocycles. The van der Waals surface area contributed by atoms with Gasteiger partial charge in [0.2, 0.25) is 0 Å². The summed E-state index contributed by atoms with van der Waals surface area (Å²) in [6.45, 7) is 4.94. The third kappa shape index (κ3) is 2.66. The lowest BCUT2D eigenvalue weighted by Crippen LogP contribution is -2.41. The fourth-order valence-corrected chi connectivity index (χ4v) is 3.54. The van der Waals surface area contributed by atoms with E-state index in [1.165, 1.54) is 20.5 Å². The highest BCUT2D eigenvalue weighted by Crippen LogP contribution is 2.27. The number of hydrogen-bond donors (Lipinski definition) is 2. The number of nitrogens with zero attached hydrogens (tertiary/aromatic N) is 2. The van der Waals surface area contributed by atoms with Gasteiger partial charge in [0.1, 0.15) is 11.5 Å². The van der Waals surface area contributed by atoms with Crippen molar-refractivity contribution < 1.29 is 4.39 Å². The molecule has 2 aromatic heterocycles. The number of aryl methyl sites for hydroxylation is 2. The van der Waals surface area contributed by atoms with E-state index in [0.29, 0.717) is 16.8 Å². The Balaban J connectivity index is 0.00000220. The summed E-state index contributed by atoms with van der Waals surface area (Å²) in [7, 11) is 0. The van der Waals surface area contributed by atoms with Crippen LogP contribution in [0.3, 0.4) is 0 Å². The van der Waals surface area contributed by atoms with Crippen LogP contribution in [0, 0.1) is 6.92 Å². The first-order valence-electron chi connectivity index (χ1n) is 6.47. The Morgan fingerprint density at radius 1 is 1.33 bits per heavy atom. The number of nitrogens with two attached hydrogens (primary N) is 1. The van der Waals surface area contributed by atoms with Gasteiger partial charge in [-0.1, -0.05) is 0 Å². The van der Waals surface area contributed by atoms with Gasteiger partial charge in [0.25, 0.3) is 5.56 Å². The van der Waals surface area contributed by atoms with Crippen LogP contribution in [0.15, 0.2) is 9.59 Å². The van der Waals surface area contributed by atoms with E-state index in [4.69, 9.17) is 5.73 Å². The molecule has 0 bridgehead atoms. The molecular formula is C13H21FN4O2S. The normalized spacial score (nSPS) is 11.1. The molecule has 0 aliphatic carbocycles. The zero-order chi connectivity index (χ0) is 15.0. The minimum absolute atomic E-state index is 0. The van der Waals surface area contributed by atoms with Crippen molar-refractivity contribution in [1.29, 1.82) is 0 Å². The molecule has 0 saturated carbocycles. The number of rotatable bonds is 4. The summed E-state index contributed by atoms with van der Waals surface area (Å²) in [4.78, 5) is 26.3. The van der Waals surface area contributed by atoms with Crippen molar-refractivity contribution in [2.24, 2.45) is 5.73 Å². The molecule has 2 rings (SSSR count). The van der Waals surface area contributed by atoms with Gasteiger partial charge < -0.3 is 11.9 Å². The molecule has 21 heavy (non-hydrogen) atoms. The lowest BCUT2D eigenvalue weighted by atomic mass is 10.2. The van der Waals surface area contributed by atoms with Crippen LogP contribution in [0.5, 0.6) is 0 Å². The van der Waals surface area contributed by atoms with Crippen molar-refractivity contribution in [3.8, 4) is 0 Å². The molecule has 5 N–H and O–H groups in total. The van der Waals surface area contributed by atoms with Crippen molar-refractivity contribution in [3.63, 3.8) is 0 Å². The standard InChI is InChI=1S/C13H18FN3O2S.H3N/c1-7(2)17-11(18)10-8(3)9(6-15)20-12(10)16(5-4-14)13(17)19;/h7H,4-6,15H2,1-3H3;1H3. The van der Waals surface area contributed by atoms with Crippen LogP contribution >= 0.6 is 11.3 Å². The molecule has 0 saturated heterocycles. The molecule has 2 heterocycles. The van der Waals surface area contributed by atoms with E-state index < -0.39 is 12.4 Å². The van der Waals surface area contributed by atoms with Crippen LogP contribution in [0.2, 0.25) is 0 Å². The van der Waals surface area contributed by atoms with Gasteiger partial charge in [-0.15, -0.1) is 11.3 Å². The van der Waals surface area contributed by atoms with Gasteiger partial charge in [-0.05, 0) is 26.3 Å². The number of thiophene rings is 1. The Morgan fingerprint density at radius 3 is 2.43 bits per heavy atom. The van der Waals surface area contributed by atoms with Crippen molar-refractivity contribution in [2.45, 2.75) is 39.9 Å². The van der Waals surface area contributed by atoms with Crippen LogP contribution in [0.1, 0.15) is 30.3 Å². The maximum atomic E-state index is 12.7. The maximum Gasteiger partial charge on any atom is 0.332 e. The molecule has 0 radical (unpaired) electrons. The van der Waals surface area contributed by atoms with Crippen LogP contribution in [0.25, 0.3) is 10.2 Å². The van der Waals surface area contributed by atoms with Crippen LogP contribution in [-0.4, -0.2) is 15.8 Å². The average Bonchev–Trinajstić information content (AvgIpc) is 2.71. The Bertz CT molecular complexity index is 760. The van der Waals surface area contributed by atoms with E-state index in [0.717, 1.165) is 10.4 Å². The summed E-state index contributed by atoms with van der Waals surface area (Å²) >= 11 is 1.30. The van der Waals surface area contributed by atoms with Gasteiger partial charge in [-0.3, -0.25) is 13.9 Å². The van der Waals surface area contributed by atoms with E-state index >= 15 is 0 Å². The predicted octanol–water partition coefficient (Wildman–Crippen LogP) is 1.70. The lowest BCUT2D eigenvalue weighted by molar-refractivity contribution is 0.429. The largest absolute Gasteiger partial charge is 0.344 e. The first-order valence-corrected chi connectivity index (χ1v) is 7.29. The van der Waals surface area contributed by atoms with Gasteiger partial charge in [0.15, 0.2) is 0 Å². The second kappa shape index (κ2) is 6.50. The number of fused-ring (bicyclic) bond motifs is 1.